The second-order valence-electron chi connectivity index (χ2n) is 6.11. The van der Waals surface area contributed by atoms with Crippen molar-refractivity contribution in [2.75, 3.05) is 5.88 Å². The largest absolute Gasteiger partial charge is 0.325 e. The lowest BCUT2D eigenvalue weighted by Crippen LogP contribution is -2.21. The summed E-state index contributed by atoms with van der Waals surface area (Å²) in [5.41, 5.74) is 1.78. The van der Waals surface area contributed by atoms with E-state index in [0.29, 0.717) is 17.8 Å². The van der Waals surface area contributed by atoms with Gasteiger partial charge in [0.25, 0.3) is 0 Å². The molecule has 1 aliphatic rings. The lowest BCUT2D eigenvalue weighted by Gasteiger charge is -2.30. The van der Waals surface area contributed by atoms with E-state index in [4.69, 9.17) is 11.6 Å². The van der Waals surface area contributed by atoms with Gasteiger partial charge in [-0.15, -0.1) is 11.6 Å². The van der Waals surface area contributed by atoms with Gasteiger partial charge < -0.3 is 4.57 Å². The van der Waals surface area contributed by atoms with E-state index in [2.05, 4.69) is 16.5 Å². The summed E-state index contributed by atoms with van der Waals surface area (Å²) in [5.74, 6) is 2.00. The molecule has 1 saturated carbocycles. The molecule has 1 unspecified atom stereocenters. The lowest BCUT2D eigenvalue weighted by molar-refractivity contribution is 0.264. The van der Waals surface area contributed by atoms with Crippen molar-refractivity contribution in [1.29, 1.82) is 0 Å². The lowest BCUT2D eigenvalue weighted by atomic mass is 9.84. The minimum atomic E-state index is -0.197. The third-order valence-corrected chi connectivity index (χ3v) is 4.97. The van der Waals surface area contributed by atoms with Gasteiger partial charge in [-0.05, 0) is 43.9 Å². The van der Waals surface area contributed by atoms with Crippen LogP contribution in [0, 0.1) is 11.7 Å². The number of hydrogen-bond acceptors (Lipinski definition) is 1. The van der Waals surface area contributed by atoms with Crippen LogP contribution in [-0.4, -0.2) is 15.4 Å². The topological polar surface area (TPSA) is 17.8 Å². The summed E-state index contributed by atoms with van der Waals surface area (Å²) in [6.07, 6.45) is 7.21. The Hall–Kier alpha value is -1.09. The zero-order chi connectivity index (χ0) is 14.8. The maximum atomic E-state index is 13.7. The fourth-order valence-corrected chi connectivity index (χ4v) is 3.83. The molecule has 3 rings (SSSR count). The predicted molar refractivity (Wildman–Crippen MR) is 85.4 cm³/mol. The van der Waals surface area contributed by atoms with E-state index in [1.165, 1.54) is 38.2 Å². The molecule has 0 spiro atoms. The van der Waals surface area contributed by atoms with E-state index in [0.717, 1.165) is 23.3 Å². The van der Waals surface area contributed by atoms with E-state index >= 15 is 0 Å². The van der Waals surface area contributed by atoms with Crippen LogP contribution in [0.15, 0.2) is 18.2 Å². The second kappa shape index (κ2) is 6.35. The number of fused-ring (bicyclic) bond motifs is 1. The molecule has 1 fully saturated rings. The number of nitrogens with zero attached hydrogens (tertiary/aromatic N) is 2. The van der Waals surface area contributed by atoms with Gasteiger partial charge in [-0.1, -0.05) is 19.3 Å². The molecule has 21 heavy (non-hydrogen) atoms. The molecular formula is C17H22ClFN2. The van der Waals surface area contributed by atoms with E-state index in [1.807, 2.05) is 0 Å². The van der Waals surface area contributed by atoms with Crippen LogP contribution >= 0.6 is 11.6 Å². The Kier molecular flexibility index (Phi) is 4.48. The fraction of sp³-hybridized carbons (Fsp3) is 0.588. The van der Waals surface area contributed by atoms with Crippen molar-refractivity contribution < 1.29 is 4.39 Å². The molecule has 2 aromatic rings. The van der Waals surface area contributed by atoms with Crippen LogP contribution in [0.1, 0.15) is 50.9 Å². The Balaban J connectivity index is 2.04. The molecule has 0 bridgehead atoms. The van der Waals surface area contributed by atoms with Crippen LogP contribution in [0.5, 0.6) is 0 Å². The highest BCUT2D eigenvalue weighted by Crippen LogP contribution is 2.35. The van der Waals surface area contributed by atoms with Crippen molar-refractivity contribution in [3.05, 3.63) is 29.8 Å². The quantitative estimate of drug-likeness (QED) is 0.719. The normalized spacial score (nSPS) is 18.2. The van der Waals surface area contributed by atoms with E-state index < -0.39 is 0 Å². The van der Waals surface area contributed by atoms with Gasteiger partial charge in [-0.3, -0.25) is 0 Å². The maximum Gasteiger partial charge on any atom is 0.125 e. The zero-order valence-electron chi connectivity index (χ0n) is 12.5. The molecule has 0 radical (unpaired) electrons. The van der Waals surface area contributed by atoms with Crippen molar-refractivity contribution in [1.82, 2.24) is 9.55 Å². The average molecular weight is 309 g/mol. The van der Waals surface area contributed by atoms with Crippen LogP contribution in [0.25, 0.3) is 11.0 Å². The molecule has 2 nitrogen and oxygen atoms in total. The first-order valence-electron chi connectivity index (χ1n) is 7.93. The molecule has 1 aromatic carbocycles. The molecule has 114 valence electrons. The summed E-state index contributed by atoms with van der Waals surface area (Å²) in [7, 11) is 0. The van der Waals surface area contributed by atoms with Gasteiger partial charge in [0.15, 0.2) is 0 Å². The number of aromatic nitrogens is 2. The van der Waals surface area contributed by atoms with E-state index in [1.54, 1.807) is 12.1 Å². The smallest absolute Gasteiger partial charge is 0.125 e. The first kappa shape index (κ1) is 14.8. The highest BCUT2D eigenvalue weighted by molar-refractivity contribution is 6.17. The molecule has 4 heteroatoms. The first-order valence-corrected chi connectivity index (χ1v) is 8.46. The number of rotatable bonds is 4. The fourth-order valence-electron chi connectivity index (χ4n) is 3.66. The van der Waals surface area contributed by atoms with Crippen molar-refractivity contribution in [3.8, 4) is 0 Å². The van der Waals surface area contributed by atoms with Gasteiger partial charge in [0.1, 0.15) is 11.6 Å². The third kappa shape index (κ3) is 2.94. The van der Waals surface area contributed by atoms with Crippen LogP contribution in [-0.2, 0) is 6.42 Å². The highest BCUT2D eigenvalue weighted by atomic mass is 35.5. The Morgan fingerprint density at radius 2 is 2.10 bits per heavy atom. The molecular weight excluding hydrogens is 287 g/mol. The van der Waals surface area contributed by atoms with Gasteiger partial charge in [-0.25, -0.2) is 9.37 Å². The summed E-state index contributed by atoms with van der Waals surface area (Å²) in [4.78, 5) is 4.67. The van der Waals surface area contributed by atoms with Crippen molar-refractivity contribution in [2.45, 2.75) is 51.5 Å². The van der Waals surface area contributed by atoms with Gasteiger partial charge >= 0.3 is 0 Å². The zero-order valence-corrected chi connectivity index (χ0v) is 13.2. The minimum Gasteiger partial charge on any atom is -0.325 e. The van der Waals surface area contributed by atoms with Crippen LogP contribution in [0.4, 0.5) is 4.39 Å². The summed E-state index contributed by atoms with van der Waals surface area (Å²) >= 11 is 5.93. The Morgan fingerprint density at radius 3 is 2.81 bits per heavy atom. The standard InChI is InChI=1S/C17H22ClFN2/c1-12(13-5-3-2-4-6-13)21-16-11-14(19)7-8-15(16)20-17(21)9-10-18/h7-8,11-13H,2-6,9-10H2,1H3. The molecule has 1 aromatic heterocycles. The van der Waals surface area contributed by atoms with Crippen molar-refractivity contribution in [2.24, 2.45) is 5.92 Å². The molecule has 1 aliphatic carbocycles. The number of imidazole rings is 1. The Morgan fingerprint density at radius 1 is 1.33 bits per heavy atom. The third-order valence-electron chi connectivity index (χ3n) is 4.78. The molecule has 0 amide bonds. The Bertz CT molecular complexity index is 617. The second-order valence-corrected chi connectivity index (χ2v) is 6.49. The first-order chi connectivity index (χ1) is 10.2. The Labute approximate surface area is 130 Å². The molecule has 1 heterocycles. The van der Waals surface area contributed by atoms with Crippen LogP contribution < -0.4 is 0 Å². The van der Waals surface area contributed by atoms with Gasteiger partial charge in [0.05, 0.1) is 11.0 Å². The SMILES string of the molecule is CC(C1CCCCC1)n1c(CCCl)nc2ccc(F)cc21. The van der Waals surface area contributed by atoms with Crippen LogP contribution in [0.3, 0.4) is 0 Å². The average Bonchev–Trinajstić information content (AvgIpc) is 2.85. The number of alkyl halides is 1. The summed E-state index contributed by atoms with van der Waals surface area (Å²) in [6.45, 7) is 2.25. The summed E-state index contributed by atoms with van der Waals surface area (Å²) < 4.78 is 15.9. The van der Waals surface area contributed by atoms with Gasteiger partial charge in [-0.2, -0.15) is 0 Å². The van der Waals surface area contributed by atoms with Crippen molar-refractivity contribution >= 4 is 22.6 Å². The minimum absolute atomic E-state index is 0.197. The highest BCUT2D eigenvalue weighted by Gasteiger charge is 2.25. The van der Waals surface area contributed by atoms with Crippen molar-refractivity contribution in [3.63, 3.8) is 0 Å². The number of aryl methyl sites for hydroxylation is 1. The van der Waals surface area contributed by atoms with Gasteiger partial charge in [0.2, 0.25) is 0 Å². The number of hydrogen-bond donors (Lipinski definition) is 0. The number of benzene rings is 1. The number of halogens is 2. The van der Waals surface area contributed by atoms with E-state index in [9.17, 15) is 4.39 Å². The molecule has 1 atom stereocenters. The maximum absolute atomic E-state index is 13.7. The molecule has 0 N–H and O–H groups in total. The monoisotopic (exact) mass is 308 g/mol. The molecule has 0 aliphatic heterocycles. The predicted octanol–water partition coefficient (Wildman–Crippen LogP) is 5.10. The summed E-state index contributed by atoms with van der Waals surface area (Å²) in [6, 6.07) is 5.22. The summed E-state index contributed by atoms with van der Waals surface area (Å²) in [5, 5.41) is 0. The van der Waals surface area contributed by atoms with E-state index in [-0.39, 0.29) is 5.82 Å². The molecule has 0 saturated heterocycles. The van der Waals surface area contributed by atoms with Gasteiger partial charge in [0, 0.05) is 18.3 Å². The van der Waals surface area contributed by atoms with Crippen LogP contribution in [0.2, 0.25) is 0 Å².